The van der Waals surface area contributed by atoms with Crippen molar-refractivity contribution in [3.05, 3.63) is 61.5 Å². The van der Waals surface area contributed by atoms with Crippen molar-refractivity contribution in [3.8, 4) is 0 Å². The van der Waals surface area contributed by atoms with Gasteiger partial charge in [-0.05, 0) is 18.2 Å². The molecule has 0 unspecified atom stereocenters. The number of hydrogen-bond acceptors (Lipinski definition) is 8. The SMILES string of the molecule is Cn1c(=O)n(C)c2cc([N+](=O)[O-])c(N3CCN(S(=O)(=O)c4ccc5[nH]c(=O)oc5c4)CC3)cc21. The lowest BCUT2D eigenvalue weighted by molar-refractivity contribution is -0.384. The predicted molar refractivity (Wildman–Crippen MR) is 123 cm³/mol. The lowest BCUT2D eigenvalue weighted by atomic mass is 10.2. The van der Waals surface area contributed by atoms with Crippen LogP contribution in [0.15, 0.2) is 49.2 Å². The van der Waals surface area contributed by atoms with E-state index < -0.39 is 20.7 Å². The summed E-state index contributed by atoms with van der Waals surface area (Å²) in [6.45, 7) is 0.627. The van der Waals surface area contributed by atoms with Crippen molar-refractivity contribution in [3.63, 3.8) is 0 Å². The molecule has 0 aliphatic carbocycles. The van der Waals surface area contributed by atoms with Crippen molar-refractivity contribution in [1.82, 2.24) is 18.4 Å². The number of aromatic nitrogens is 3. The third-order valence-corrected chi connectivity index (χ3v) is 8.07. The number of benzene rings is 2. The van der Waals surface area contributed by atoms with Gasteiger partial charge in [-0.15, -0.1) is 0 Å². The number of nitrogens with zero attached hydrogens (tertiary/aromatic N) is 5. The number of rotatable bonds is 4. The molecule has 1 N–H and O–H groups in total. The fourth-order valence-electron chi connectivity index (χ4n) is 4.33. The van der Waals surface area contributed by atoms with Crippen LogP contribution in [-0.4, -0.2) is 57.9 Å². The Labute approximate surface area is 191 Å². The normalized spacial score (nSPS) is 15.4. The second-order valence-electron chi connectivity index (χ2n) is 8.05. The fourth-order valence-corrected chi connectivity index (χ4v) is 5.77. The number of hydrogen-bond donors (Lipinski definition) is 1. The quantitative estimate of drug-likeness (QED) is 0.325. The molecule has 0 bridgehead atoms. The Hall–Kier alpha value is -3.91. The van der Waals surface area contributed by atoms with Crippen LogP contribution < -0.4 is 16.3 Å². The zero-order valence-electron chi connectivity index (χ0n) is 18.2. The van der Waals surface area contributed by atoms with Crippen LogP contribution in [0.2, 0.25) is 0 Å². The van der Waals surface area contributed by atoms with E-state index in [9.17, 15) is 28.1 Å². The minimum Gasteiger partial charge on any atom is -0.408 e. The monoisotopic (exact) mass is 488 g/mol. The number of nitrogens with one attached hydrogen (secondary N) is 1. The number of nitro groups is 1. The highest BCUT2D eigenvalue weighted by molar-refractivity contribution is 7.89. The number of anilines is 1. The molecule has 5 rings (SSSR count). The van der Waals surface area contributed by atoms with Gasteiger partial charge in [0, 0.05) is 52.4 Å². The van der Waals surface area contributed by atoms with Crippen molar-refractivity contribution >= 4 is 43.5 Å². The number of fused-ring (bicyclic) bond motifs is 2. The van der Waals surface area contributed by atoms with Gasteiger partial charge < -0.3 is 9.32 Å². The highest BCUT2D eigenvalue weighted by Gasteiger charge is 2.32. The molecule has 1 fully saturated rings. The molecule has 0 spiro atoms. The van der Waals surface area contributed by atoms with E-state index in [-0.39, 0.29) is 48.0 Å². The maximum atomic E-state index is 13.1. The lowest BCUT2D eigenvalue weighted by Gasteiger charge is -2.35. The standard InChI is InChI=1S/C20H20N6O7S/c1-22-14-10-16(17(26(29)30)11-15(14)23(2)20(22)28)24-5-7-25(8-6-24)34(31,32)12-3-4-13-18(9-12)33-19(27)21-13/h3-4,9-11H,5-8H2,1-2H3,(H,21,27). The summed E-state index contributed by atoms with van der Waals surface area (Å²) in [5, 5.41) is 11.8. The van der Waals surface area contributed by atoms with Crippen LogP contribution in [0.25, 0.3) is 22.1 Å². The molecular weight excluding hydrogens is 468 g/mol. The molecule has 0 saturated carbocycles. The summed E-state index contributed by atoms with van der Waals surface area (Å²) in [6, 6.07) is 7.12. The average Bonchev–Trinajstić information content (AvgIpc) is 3.29. The zero-order chi connectivity index (χ0) is 24.4. The third kappa shape index (κ3) is 3.30. The first-order chi connectivity index (χ1) is 16.1. The van der Waals surface area contributed by atoms with Gasteiger partial charge in [-0.25, -0.2) is 18.0 Å². The van der Waals surface area contributed by atoms with Crippen LogP contribution in [0.4, 0.5) is 11.4 Å². The first-order valence-electron chi connectivity index (χ1n) is 10.3. The van der Waals surface area contributed by atoms with Gasteiger partial charge >= 0.3 is 11.4 Å². The molecule has 13 nitrogen and oxygen atoms in total. The van der Waals surface area contributed by atoms with Crippen LogP contribution in [0, 0.1) is 10.1 Å². The maximum Gasteiger partial charge on any atom is 0.417 e. The molecule has 1 aliphatic heterocycles. The van der Waals surface area contributed by atoms with Crippen LogP contribution in [0.5, 0.6) is 0 Å². The summed E-state index contributed by atoms with van der Waals surface area (Å²) in [4.78, 5) is 39.1. The molecular formula is C20H20N6O7S. The molecule has 34 heavy (non-hydrogen) atoms. The van der Waals surface area contributed by atoms with E-state index in [1.165, 1.54) is 37.7 Å². The smallest absolute Gasteiger partial charge is 0.408 e. The number of oxazole rings is 1. The Morgan fingerprint density at radius 2 is 1.65 bits per heavy atom. The van der Waals surface area contributed by atoms with Crippen LogP contribution in [-0.2, 0) is 24.1 Å². The number of sulfonamides is 1. The minimum atomic E-state index is -3.87. The van der Waals surface area contributed by atoms with Crippen molar-refractivity contribution in [2.75, 3.05) is 31.1 Å². The highest BCUT2D eigenvalue weighted by Crippen LogP contribution is 2.34. The van der Waals surface area contributed by atoms with Crippen LogP contribution in [0.1, 0.15) is 0 Å². The highest BCUT2D eigenvalue weighted by atomic mass is 32.2. The molecule has 4 aromatic rings. The topological polar surface area (TPSA) is 157 Å². The van der Waals surface area contributed by atoms with E-state index in [2.05, 4.69) is 4.98 Å². The second kappa shape index (κ2) is 7.56. The van der Waals surface area contributed by atoms with Crippen LogP contribution >= 0.6 is 0 Å². The fraction of sp³-hybridized carbons (Fsp3) is 0.300. The van der Waals surface area contributed by atoms with Gasteiger partial charge in [0.2, 0.25) is 10.0 Å². The maximum absolute atomic E-state index is 13.1. The van der Waals surface area contributed by atoms with E-state index in [4.69, 9.17) is 4.42 Å². The molecule has 178 valence electrons. The van der Waals surface area contributed by atoms with Crippen molar-refractivity contribution in [1.29, 1.82) is 0 Å². The number of H-pyrrole nitrogens is 1. The molecule has 2 aromatic carbocycles. The lowest BCUT2D eigenvalue weighted by Crippen LogP contribution is -2.48. The van der Waals surface area contributed by atoms with Crippen molar-refractivity contribution in [2.24, 2.45) is 14.1 Å². The molecule has 1 aliphatic rings. The van der Waals surface area contributed by atoms with Crippen molar-refractivity contribution in [2.45, 2.75) is 4.90 Å². The van der Waals surface area contributed by atoms with Gasteiger partial charge in [0.05, 0.1) is 26.4 Å². The third-order valence-electron chi connectivity index (χ3n) is 6.17. The Balaban J connectivity index is 1.45. The predicted octanol–water partition coefficient (Wildman–Crippen LogP) is 0.731. The zero-order valence-corrected chi connectivity index (χ0v) is 19.0. The van der Waals surface area contributed by atoms with Gasteiger partial charge in [0.25, 0.3) is 5.69 Å². The summed E-state index contributed by atoms with van der Waals surface area (Å²) in [6.07, 6.45) is 0. The van der Waals surface area contributed by atoms with Crippen molar-refractivity contribution < 1.29 is 17.8 Å². The summed E-state index contributed by atoms with van der Waals surface area (Å²) < 4.78 is 35.3. The van der Waals surface area contributed by atoms with E-state index >= 15 is 0 Å². The van der Waals surface area contributed by atoms with Gasteiger partial charge in [-0.1, -0.05) is 0 Å². The Morgan fingerprint density at radius 1 is 1.00 bits per heavy atom. The van der Waals surface area contributed by atoms with Gasteiger partial charge in [0.1, 0.15) is 5.69 Å². The van der Waals surface area contributed by atoms with E-state index in [1.807, 2.05) is 0 Å². The second-order valence-corrected chi connectivity index (χ2v) is 9.99. The molecule has 0 atom stereocenters. The molecule has 2 aromatic heterocycles. The number of aromatic amines is 1. The van der Waals surface area contributed by atoms with Crippen LogP contribution in [0.3, 0.4) is 0 Å². The molecule has 14 heteroatoms. The van der Waals surface area contributed by atoms with E-state index in [0.717, 1.165) is 0 Å². The number of piperazine rings is 1. The van der Waals surface area contributed by atoms with E-state index in [1.54, 1.807) is 25.1 Å². The first kappa shape index (κ1) is 21.9. The summed E-state index contributed by atoms with van der Waals surface area (Å²) in [5.41, 5.74) is 1.39. The number of imidazole rings is 1. The summed E-state index contributed by atoms with van der Waals surface area (Å²) in [5.74, 6) is -0.673. The molecule has 0 radical (unpaired) electrons. The van der Waals surface area contributed by atoms with Gasteiger partial charge in [-0.3, -0.25) is 24.2 Å². The Kier molecular flexibility index (Phi) is 4.87. The van der Waals surface area contributed by atoms with Gasteiger partial charge in [0.15, 0.2) is 5.58 Å². The first-order valence-corrected chi connectivity index (χ1v) is 11.7. The largest absolute Gasteiger partial charge is 0.417 e. The summed E-state index contributed by atoms with van der Waals surface area (Å²) in [7, 11) is -0.731. The van der Waals surface area contributed by atoms with E-state index in [0.29, 0.717) is 22.2 Å². The Morgan fingerprint density at radius 3 is 2.29 bits per heavy atom. The summed E-state index contributed by atoms with van der Waals surface area (Å²) >= 11 is 0. The molecule has 1 saturated heterocycles. The minimum absolute atomic E-state index is 0.0112. The number of aryl methyl sites for hydroxylation is 2. The molecule has 0 amide bonds. The molecule has 3 heterocycles. The Bertz CT molecular complexity index is 1690. The van der Waals surface area contributed by atoms with Gasteiger partial charge in [-0.2, -0.15) is 4.31 Å². The number of nitro benzene ring substituents is 1. The average molecular weight is 488 g/mol.